The van der Waals surface area contributed by atoms with Crippen LogP contribution in [-0.4, -0.2) is 66.3 Å². The predicted octanol–water partition coefficient (Wildman–Crippen LogP) is 1.62. The Hall–Kier alpha value is -0.450. The molecule has 1 aliphatic heterocycles. The van der Waals surface area contributed by atoms with Gasteiger partial charge < -0.3 is 4.74 Å². The molecule has 134 valence electrons. The van der Waals surface area contributed by atoms with Crippen LogP contribution in [0.1, 0.15) is 25.7 Å². The Kier molecular flexibility index (Phi) is 6.26. The highest BCUT2D eigenvalue weighted by Crippen LogP contribution is 2.31. The van der Waals surface area contributed by atoms with E-state index in [9.17, 15) is 22.0 Å². The van der Waals surface area contributed by atoms with Crippen molar-refractivity contribution >= 4 is 27.8 Å². The van der Waals surface area contributed by atoms with E-state index in [-0.39, 0.29) is 6.04 Å². The fourth-order valence-corrected chi connectivity index (χ4v) is 4.21. The van der Waals surface area contributed by atoms with E-state index in [0.717, 1.165) is 43.9 Å². The molecule has 0 aromatic rings. The van der Waals surface area contributed by atoms with E-state index < -0.39 is 33.9 Å². The first kappa shape index (κ1) is 18.9. The van der Waals surface area contributed by atoms with Crippen molar-refractivity contribution in [3.8, 4) is 0 Å². The topological polar surface area (TPSA) is 83.9 Å². The highest BCUT2D eigenvalue weighted by atomic mass is 32.2. The zero-order valence-corrected chi connectivity index (χ0v) is 14.3. The smallest absolute Gasteiger partial charge is 0.402 e. The van der Waals surface area contributed by atoms with Gasteiger partial charge in [0.25, 0.3) is 0 Å². The van der Waals surface area contributed by atoms with E-state index in [1.807, 2.05) is 11.8 Å². The van der Waals surface area contributed by atoms with Crippen LogP contribution in [0.2, 0.25) is 0 Å². The normalized spacial score (nSPS) is 27.6. The summed E-state index contributed by atoms with van der Waals surface area (Å²) in [7, 11) is -5.59. The van der Waals surface area contributed by atoms with Crippen molar-refractivity contribution in [3.05, 3.63) is 0 Å². The summed E-state index contributed by atoms with van der Waals surface area (Å²) >= 11 is 1.84. The van der Waals surface area contributed by atoms with Gasteiger partial charge in [-0.05, 0) is 12.8 Å². The van der Waals surface area contributed by atoms with E-state index >= 15 is 0 Å². The zero-order chi connectivity index (χ0) is 17.1. The minimum atomic E-state index is -5.59. The molecule has 0 spiro atoms. The number of carbonyl (C=O) groups is 1. The molecular formula is C13H21F2NO5S2. The average molecular weight is 373 g/mol. The molecule has 1 heterocycles. The Labute approximate surface area is 138 Å². The van der Waals surface area contributed by atoms with Crippen LogP contribution in [0, 0.1) is 5.92 Å². The molecule has 0 aromatic heterocycles. The van der Waals surface area contributed by atoms with Crippen molar-refractivity contribution in [2.75, 3.05) is 31.2 Å². The molecule has 1 N–H and O–H groups in total. The maximum absolute atomic E-state index is 13.2. The summed E-state index contributed by atoms with van der Waals surface area (Å²) in [5.74, 6) is 0.610. The zero-order valence-electron chi connectivity index (χ0n) is 12.6. The SMILES string of the molecule is O=C(OCC(F)(F)S(=O)(=O)O)C1CCCCC1N1CCSCC1. The highest BCUT2D eigenvalue weighted by molar-refractivity contribution is 7.99. The second-order valence-corrected chi connectivity index (χ2v) is 8.60. The molecule has 2 rings (SSSR count). The fraction of sp³-hybridized carbons (Fsp3) is 0.923. The molecule has 0 radical (unpaired) electrons. The lowest BCUT2D eigenvalue weighted by Gasteiger charge is -2.40. The summed E-state index contributed by atoms with van der Waals surface area (Å²) in [6.07, 6.45) is 3.14. The van der Waals surface area contributed by atoms with Crippen LogP contribution in [0.3, 0.4) is 0 Å². The van der Waals surface area contributed by atoms with Gasteiger partial charge in [-0.2, -0.15) is 29.0 Å². The molecule has 1 aliphatic carbocycles. The van der Waals surface area contributed by atoms with Crippen LogP contribution < -0.4 is 0 Å². The van der Waals surface area contributed by atoms with Crippen LogP contribution in [0.15, 0.2) is 0 Å². The third kappa shape index (κ3) is 4.77. The number of nitrogens with zero attached hydrogens (tertiary/aromatic N) is 1. The first-order valence-electron chi connectivity index (χ1n) is 7.55. The average Bonchev–Trinajstić information content (AvgIpc) is 2.52. The van der Waals surface area contributed by atoms with Gasteiger partial charge in [0.15, 0.2) is 6.61 Å². The van der Waals surface area contributed by atoms with Crippen molar-refractivity contribution in [1.82, 2.24) is 4.90 Å². The Balaban J connectivity index is 1.98. The maximum Gasteiger partial charge on any atom is 0.402 e. The van der Waals surface area contributed by atoms with E-state index in [1.54, 1.807) is 0 Å². The van der Waals surface area contributed by atoms with Crippen molar-refractivity contribution in [2.24, 2.45) is 5.92 Å². The van der Waals surface area contributed by atoms with Crippen LogP contribution in [0.4, 0.5) is 8.78 Å². The molecule has 0 amide bonds. The van der Waals surface area contributed by atoms with Gasteiger partial charge in [-0.3, -0.25) is 14.2 Å². The standard InChI is InChI=1S/C13H21F2NO5S2/c14-13(15,23(18,19)20)9-21-12(17)10-3-1-2-4-11(10)16-5-7-22-8-6-16/h10-11H,1-9H2,(H,18,19,20). The largest absolute Gasteiger partial charge is 0.458 e. The lowest BCUT2D eigenvalue weighted by Crippen LogP contribution is -2.49. The van der Waals surface area contributed by atoms with Gasteiger partial charge in [0.1, 0.15) is 0 Å². The Morgan fingerprint density at radius 2 is 1.87 bits per heavy atom. The van der Waals surface area contributed by atoms with Crippen molar-refractivity contribution < 1.29 is 31.3 Å². The number of halogens is 2. The minimum Gasteiger partial charge on any atom is -0.458 e. The fourth-order valence-electron chi connectivity index (χ4n) is 3.07. The molecule has 0 bridgehead atoms. The van der Waals surface area contributed by atoms with Gasteiger partial charge >= 0.3 is 21.3 Å². The third-order valence-electron chi connectivity index (χ3n) is 4.31. The van der Waals surface area contributed by atoms with Gasteiger partial charge in [0.05, 0.1) is 5.92 Å². The molecule has 2 atom stereocenters. The summed E-state index contributed by atoms with van der Waals surface area (Å²) in [6.45, 7) is 0.0460. The van der Waals surface area contributed by atoms with Crippen LogP contribution in [0.5, 0.6) is 0 Å². The van der Waals surface area contributed by atoms with Gasteiger partial charge in [-0.25, -0.2) is 0 Å². The van der Waals surface area contributed by atoms with Gasteiger partial charge in [-0.1, -0.05) is 12.8 Å². The maximum atomic E-state index is 13.2. The molecule has 1 saturated carbocycles. The van der Waals surface area contributed by atoms with Crippen LogP contribution in [0.25, 0.3) is 0 Å². The molecule has 2 unspecified atom stereocenters. The van der Waals surface area contributed by atoms with Gasteiger partial charge in [-0.15, -0.1) is 0 Å². The summed E-state index contributed by atoms with van der Waals surface area (Å²) in [6, 6.07) is -0.0449. The van der Waals surface area contributed by atoms with E-state index in [4.69, 9.17) is 4.55 Å². The first-order chi connectivity index (χ1) is 10.7. The lowest BCUT2D eigenvalue weighted by molar-refractivity contribution is -0.158. The summed E-state index contributed by atoms with van der Waals surface area (Å²) < 4.78 is 60.5. The molecule has 2 aliphatic rings. The molecule has 23 heavy (non-hydrogen) atoms. The highest BCUT2D eigenvalue weighted by Gasteiger charge is 2.46. The number of hydrogen-bond acceptors (Lipinski definition) is 6. The molecular weight excluding hydrogens is 352 g/mol. The second-order valence-electron chi connectivity index (χ2n) is 5.83. The number of hydrogen-bond donors (Lipinski definition) is 1. The van der Waals surface area contributed by atoms with Crippen molar-refractivity contribution in [1.29, 1.82) is 0 Å². The summed E-state index contributed by atoms with van der Waals surface area (Å²) in [4.78, 5) is 14.4. The molecule has 10 heteroatoms. The van der Waals surface area contributed by atoms with Gasteiger partial charge in [0.2, 0.25) is 0 Å². The van der Waals surface area contributed by atoms with Crippen LogP contribution in [-0.2, 0) is 19.6 Å². The monoisotopic (exact) mass is 373 g/mol. The Morgan fingerprint density at radius 1 is 1.26 bits per heavy atom. The molecule has 6 nitrogen and oxygen atoms in total. The lowest BCUT2D eigenvalue weighted by atomic mass is 9.83. The number of rotatable bonds is 5. The summed E-state index contributed by atoms with van der Waals surface area (Å²) in [5.41, 5.74) is 0. The van der Waals surface area contributed by atoms with E-state index in [1.165, 1.54) is 0 Å². The first-order valence-corrected chi connectivity index (χ1v) is 10.1. The summed E-state index contributed by atoms with van der Waals surface area (Å²) in [5, 5.41) is -4.48. The minimum absolute atomic E-state index is 0.0449. The van der Waals surface area contributed by atoms with Crippen molar-refractivity contribution in [2.45, 2.75) is 37.0 Å². The molecule has 0 aromatic carbocycles. The quantitative estimate of drug-likeness (QED) is 0.579. The van der Waals surface area contributed by atoms with E-state index in [2.05, 4.69) is 9.64 Å². The third-order valence-corrected chi connectivity index (χ3v) is 6.12. The van der Waals surface area contributed by atoms with Crippen molar-refractivity contribution in [3.63, 3.8) is 0 Å². The number of carbonyl (C=O) groups excluding carboxylic acids is 1. The molecule has 1 saturated heterocycles. The van der Waals surface area contributed by atoms with Crippen LogP contribution >= 0.6 is 11.8 Å². The second kappa shape index (κ2) is 7.62. The number of esters is 1. The number of thioether (sulfide) groups is 1. The Bertz CT molecular complexity index is 522. The molecule has 2 fully saturated rings. The van der Waals surface area contributed by atoms with Gasteiger partial charge in [0, 0.05) is 30.6 Å². The number of ether oxygens (including phenoxy) is 1. The van der Waals surface area contributed by atoms with E-state index in [0.29, 0.717) is 6.42 Å². The Morgan fingerprint density at radius 3 is 2.48 bits per heavy atom. The number of alkyl halides is 2. The predicted molar refractivity (Wildman–Crippen MR) is 82.1 cm³/mol.